The van der Waals surface area contributed by atoms with Crippen LogP contribution in [0.3, 0.4) is 0 Å². The van der Waals surface area contributed by atoms with Crippen LogP contribution in [0.2, 0.25) is 0 Å². The molecule has 31 heavy (non-hydrogen) atoms. The molecule has 0 aliphatic carbocycles. The highest BCUT2D eigenvalue weighted by Gasteiger charge is 2.33. The van der Waals surface area contributed by atoms with Crippen LogP contribution in [-0.2, 0) is 25.0 Å². The minimum atomic E-state index is -3.56. The number of piperidine rings is 1. The Bertz CT molecular complexity index is 969. The Hall–Kier alpha value is -1.53. The van der Waals surface area contributed by atoms with Crippen LogP contribution in [0.5, 0.6) is 0 Å². The van der Waals surface area contributed by atoms with Gasteiger partial charge in [-0.05, 0) is 49.9 Å². The zero-order chi connectivity index (χ0) is 22.6. The Morgan fingerprint density at radius 2 is 1.48 bits per heavy atom. The molecule has 1 aromatic carbocycles. The van der Waals surface area contributed by atoms with Crippen molar-refractivity contribution in [2.24, 2.45) is 5.92 Å². The van der Waals surface area contributed by atoms with Crippen molar-refractivity contribution in [3.63, 3.8) is 0 Å². The molecule has 1 atom stereocenters. The number of nitrogens with zero attached hydrogens (tertiary/aromatic N) is 3. The van der Waals surface area contributed by atoms with Crippen LogP contribution in [-0.4, -0.2) is 75.9 Å². The van der Waals surface area contributed by atoms with Crippen molar-refractivity contribution in [1.29, 1.82) is 0 Å². The van der Waals surface area contributed by atoms with Gasteiger partial charge >= 0.3 is 0 Å². The average Bonchev–Trinajstić information content (AvgIpc) is 3.04. The first-order chi connectivity index (χ1) is 14.6. The first-order valence-electron chi connectivity index (χ1n) is 10.7. The van der Waals surface area contributed by atoms with Crippen molar-refractivity contribution >= 4 is 31.8 Å². The van der Waals surface area contributed by atoms with Crippen molar-refractivity contribution in [2.45, 2.75) is 43.4 Å². The Morgan fingerprint density at radius 1 is 0.903 bits per heavy atom. The Labute approximate surface area is 185 Å². The highest BCUT2D eigenvalue weighted by atomic mass is 32.2. The van der Waals surface area contributed by atoms with E-state index < -0.39 is 26.2 Å². The van der Waals surface area contributed by atoms with Gasteiger partial charge in [0.2, 0.25) is 15.9 Å². The molecule has 0 aromatic heterocycles. The van der Waals surface area contributed by atoms with Crippen molar-refractivity contribution in [3.8, 4) is 0 Å². The molecule has 0 bridgehead atoms. The molecule has 1 aromatic rings. The van der Waals surface area contributed by atoms with Gasteiger partial charge in [-0.25, -0.2) is 8.42 Å². The largest absolute Gasteiger partial charge is 0.326 e. The van der Waals surface area contributed by atoms with E-state index in [-0.39, 0.29) is 17.3 Å². The van der Waals surface area contributed by atoms with Crippen LogP contribution in [0, 0.1) is 5.92 Å². The summed E-state index contributed by atoms with van der Waals surface area (Å²) >= 11 is 0. The van der Waals surface area contributed by atoms with Crippen LogP contribution < -0.4 is 5.32 Å². The third-order valence-corrected chi connectivity index (χ3v) is 9.69. The van der Waals surface area contributed by atoms with E-state index in [0.29, 0.717) is 38.2 Å². The second-order valence-corrected chi connectivity index (χ2v) is 12.4. The lowest BCUT2D eigenvalue weighted by Crippen LogP contribution is -2.47. The summed E-state index contributed by atoms with van der Waals surface area (Å²) in [5.41, 5.74) is 0.493. The van der Waals surface area contributed by atoms with Gasteiger partial charge in [0.15, 0.2) is 0 Å². The predicted octanol–water partition coefficient (Wildman–Crippen LogP) is 1.71. The number of hydrogen-bond acceptors (Lipinski definition) is 5. The number of nitrogens with one attached hydrogen (secondary N) is 1. The first kappa shape index (κ1) is 24.1. The third-order valence-electron chi connectivity index (χ3n) is 5.87. The summed E-state index contributed by atoms with van der Waals surface area (Å²) in [6.45, 7) is 1.60. The van der Waals surface area contributed by atoms with E-state index in [4.69, 9.17) is 0 Å². The fourth-order valence-electron chi connectivity index (χ4n) is 3.98. The van der Waals surface area contributed by atoms with E-state index in [1.54, 1.807) is 12.1 Å². The minimum Gasteiger partial charge on any atom is -0.326 e. The number of benzene rings is 1. The smallest absolute Gasteiger partial charge is 0.281 e. The van der Waals surface area contributed by atoms with Gasteiger partial charge in [0.1, 0.15) is 0 Å². The Kier molecular flexibility index (Phi) is 7.74. The maximum Gasteiger partial charge on any atom is 0.281 e. The molecule has 2 aliphatic rings. The molecule has 0 saturated carbocycles. The monoisotopic (exact) mass is 472 g/mol. The number of hydrogen-bond donors (Lipinski definition) is 1. The highest BCUT2D eigenvalue weighted by molar-refractivity contribution is 7.89. The Morgan fingerprint density at radius 3 is 2.06 bits per heavy atom. The zero-order valence-electron chi connectivity index (χ0n) is 18.2. The summed E-state index contributed by atoms with van der Waals surface area (Å²) < 4.78 is 54.5. The predicted molar refractivity (Wildman–Crippen MR) is 119 cm³/mol. The van der Waals surface area contributed by atoms with Gasteiger partial charge in [-0.3, -0.25) is 4.79 Å². The summed E-state index contributed by atoms with van der Waals surface area (Å²) in [7, 11) is -4.15. The van der Waals surface area contributed by atoms with Crippen LogP contribution >= 0.6 is 0 Å². The molecule has 2 saturated heterocycles. The normalized spacial score (nSPS) is 22.2. The summed E-state index contributed by atoms with van der Waals surface area (Å²) in [5.74, 6) is -0.717. The zero-order valence-corrected chi connectivity index (χ0v) is 19.8. The van der Waals surface area contributed by atoms with Gasteiger partial charge in [0.05, 0.1) is 10.8 Å². The van der Waals surface area contributed by atoms with Gasteiger partial charge in [0.25, 0.3) is 10.2 Å². The van der Waals surface area contributed by atoms with Gasteiger partial charge in [-0.1, -0.05) is 12.8 Å². The summed E-state index contributed by atoms with van der Waals surface area (Å²) in [6, 6.07) is 6.19. The van der Waals surface area contributed by atoms with E-state index in [9.17, 15) is 21.6 Å². The lowest BCUT2D eigenvalue weighted by molar-refractivity contribution is -0.120. The maximum absolute atomic E-state index is 12.9. The molecule has 2 heterocycles. The summed E-state index contributed by atoms with van der Waals surface area (Å²) in [4.78, 5) is 12.9. The number of carbonyl (C=O) groups excluding carboxylic acids is 1. The standard InChI is InChI=1S/C20H32N4O5S2/c1-22(2)31(28,29)24-15-7-8-17(16-24)20(25)21-18-9-11-19(12-10-18)30(26,27)23-13-5-3-4-6-14-23/h9-12,17H,3-8,13-16H2,1-2H3,(H,21,25). The van der Waals surface area contributed by atoms with Crippen molar-refractivity contribution in [3.05, 3.63) is 24.3 Å². The molecule has 1 amide bonds. The van der Waals surface area contributed by atoms with Crippen LogP contribution in [0.15, 0.2) is 29.2 Å². The molecule has 9 nitrogen and oxygen atoms in total. The molecule has 11 heteroatoms. The van der Waals surface area contributed by atoms with Gasteiger partial charge < -0.3 is 5.32 Å². The number of amides is 1. The summed E-state index contributed by atoms with van der Waals surface area (Å²) in [6.07, 6.45) is 5.05. The lowest BCUT2D eigenvalue weighted by Gasteiger charge is -2.32. The quantitative estimate of drug-likeness (QED) is 0.678. The molecule has 1 N–H and O–H groups in total. The van der Waals surface area contributed by atoms with E-state index in [1.165, 1.54) is 34.8 Å². The van der Waals surface area contributed by atoms with Crippen molar-refractivity contribution in [1.82, 2.24) is 12.9 Å². The van der Waals surface area contributed by atoms with Crippen LogP contribution in [0.25, 0.3) is 0 Å². The molecule has 2 aliphatic heterocycles. The highest BCUT2D eigenvalue weighted by Crippen LogP contribution is 2.24. The van der Waals surface area contributed by atoms with Crippen molar-refractivity contribution in [2.75, 3.05) is 45.6 Å². The second-order valence-electron chi connectivity index (χ2n) is 8.32. The second kappa shape index (κ2) is 9.95. The topological polar surface area (TPSA) is 107 Å². The average molecular weight is 473 g/mol. The van der Waals surface area contributed by atoms with E-state index in [1.807, 2.05) is 0 Å². The lowest BCUT2D eigenvalue weighted by atomic mass is 9.99. The summed E-state index contributed by atoms with van der Waals surface area (Å²) in [5, 5.41) is 2.80. The Balaban J connectivity index is 1.65. The molecular formula is C20H32N4O5S2. The molecule has 1 unspecified atom stereocenters. The van der Waals surface area contributed by atoms with E-state index in [2.05, 4.69) is 5.32 Å². The SMILES string of the molecule is CN(C)S(=O)(=O)N1CCCC(C(=O)Nc2ccc(S(=O)(=O)N3CCCCCC3)cc2)C1. The van der Waals surface area contributed by atoms with Gasteiger partial charge in [0, 0.05) is 46.0 Å². The molecule has 0 spiro atoms. The van der Waals surface area contributed by atoms with Crippen molar-refractivity contribution < 1.29 is 21.6 Å². The molecule has 0 radical (unpaired) electrons. The van der Waals surface area contributed by atoms with Crippen LogP contribution in [0.4, 0.5) is 5.69 Å². The third kappa shape index (κ3) is 5.64. The molecular weight excluding hydrogens is 440 g/mol. The molecule has 174 valence electrons. The first-order valence-corrected chi connectivity index (χ1v) is 13.5. The van der Waals surface area contributed by atoms with Gasteiger partial charge in [-0.2, -0.15) is 21.3 Å². The fourth-order valence-corrected chi connectivity index (χ4v) is 6.69. The van der Waals surface area contributed by atoms with Crippen LogP contribution in [0.1, 0.15) is 38.5 Å². The number of anilines is 1. The molecule has 2 fully saturated rings. The fraction of sp³-hybridized carbons (Fsp3) is 0.650. The number of carbonyl (C=O) groups is 1. The van der Waals surface area contributed by atoms with Gasteiger partial charge in [-0.15, -0.1) is 0 Å². The maximum atomic E-state index is 12.9. The molecule has 3 rings (SSSR count). The van der Waals surface area contributed by atoms with E-state index >= 15 is 0 Å². The minimum absolute atomic E-state index is 0.133. The number of sulfonamides is 1. The van der Waals surface area contributed by atoms with E-state index in [0.717, 1.165) is 30.0 Å². The number of rotatable bonds is 6.